The van der Waals surface area contributed by atoms with E-state index in [2.05, 4.69) is 37.0 Å². The molecule has 1 heterocycles. The maximum absolute atomic E-state index is 13.0. The monoisotopic (exact) mass is 382 g/mol. The SMILES string of the molecule is FC(F)(F)c1cc(CBr)ccc1-n1cc(Br)cn1. The third kappa shape index (κ3) is 2.77. The van der Waals surface area contributed by atoms with Crippen molar-refractivity contribution in [1.29, 1.82) is 0 Å². The lowest BCUT2D eigenvalue weighted by Crippen LogP contribution is -2.11. The number of halogens is 5. The van der Waals surface area contributed by atoms with Crippen LogP contribution in [0.1, 0.15) is 11.1 Å². The maximum Gasteiger partial charge on any atom is 0.418 e. The minimum atomic E-state index is -4.41. The second kappa shape index (κ2) is 5.05. The molecule has 0 aliphatic rings. The van der Waals surface area contributed by atoms with Gasteiger partial charge in [-0.25, -0.2) is 4.68 Å². The summed E-state index contributed by atoms with van der Waals surface area (Å²) in [5.41, 5.74) is -0.120. The van der Waals surface area contributed by atoms with E-state index in [1.165, 1.54) is 23.1 Å². The number of rotatable bonds is 2. The van der Waals surface area contributed by atoms with E-state index >= 15 is 0 Å². The Kier molecular flexibility index (Phi) is 3.82. The zero-order chi connectivity index (χ0) is 13.3. The molecule has 0 spiro atoms. The number of aromatic nitrogens is 2. The molecule has 18 heavy (non-hydrogen) atoms. The minimum Gasteiger partial charge on any atom is -0.239 e. The molecule has 1 aromatic carbocycles. The summed E-state index contributed by atoms with van der Waals surface area (Å²) >= 11 is 6.31. The van der Waals surface area contributed by atoms with Crippen molar-refractivity contribution in [2.75, 3.05) is 0 Å². The molecule has 96 valence electrons. The van der Waals surface area contributed by atoms with Crippen molar-refractivity contribution in [3.63, 3.8) is 0 Å². The van der Waals surface area contributed by atoms with E-state index < -0.39 is 11.7 Å². The predicted molar refractivity (Wildman–Crippen MR) is 68.9 cm³/mol. The Balaban J connectivity index is 2.60. The van der Waals surface area contributed by atoms with Crippen LogP contribution in [0, 0.1) is 0 Å². The number of alkyl halides is 4. The number of hydrogen-bond donors (Lipinski definition) is 0. The Labute approximate surface area is 118 Å². The largest absolute Gasteiger partial charge is 0.418 e. The Morgan fingerprint density at radius 1 is 1.28 bits per heavy atom. The van der Waals surface area contributed by atoms with Gasteiger partial charge in [0.25, 0.3) is 0 Å². The van der Waals surface area contributed by atoms with Gasteiger partial charge in [-0.05, 0) is 33.6 Å². The fourth-order valence-corrected chi connectivity index (χ4v) is 2.16. The van der Waals surface area contributed by atoms with Crippen molar-refractivity contribution in [2.45, 2.75) is 11.5 Å². The predicted octanol–water partition coefficient (Wildman–Crippen LogP) is 4.55. The highest BCUT2D eigenvalue weighted by molar-refractivity contribution is 9.10. The molecule has 2 aromatic rings. The van der Waals surface area contributed by atoms with Crippen LogP contribution in [0.25, 0.3) is 5.69 Å². The summed E-state index contributed by atoms with van der Waals surface area (Å²) in [4.78, 5) is 0. The van der Waals surface area contributed by atoms with Crippen LogP contribution in [-0.2, 0) is 11.5 Å². The molecule has 0 aliphatic carbocycles. The summed E-state index contributed by atoms with van der Waals surface area (Å²) in [7, 11) is 0. The molecule has 0 saturated heterocycles. The van der Waals surface area contributed by atoms with Crippen LogP contribution in [0.5, 0.6) is 0 Å². The second-order valence-electron chi connectivity index (χ2n) is 3.59. The zero-order valence-electron chi connectivity index (χ0n) is 8.88. The van der Waals surface area contributed by atoms with Crippen LogP contribution in [0.15, 0.2) is 35.1 Å². The lowest BCUT2D eigenvalue weighted by Gasteiger charge is -2.13. The molecule has 2 nitrogen and oxygen atoms in total. The van der Waals surface area contributed by atoms with Gasteiger partial charge < -0.3 is 0 Å². The van der Waals surface area contributed by atoms with Gasteiger partial charge in [0.2, 0.25) is 0 Å². The van der Waals surface area contributed by atoms with Gasteiger partial charge in [0, 0.05) is 11.5 Å². The minimum absolute atomic E-state index is 0.0119. The molecule has 0 fully saturated rings. The standard InChI is InChI=1S/C11H7Br2F3N2/c12-4-7-1-2-10(9(3-7)11(14,15)16)18-6-8(13)5-17-18/h1-3,5-6H,4H2. The summed E-state index contributed by atoms with van der Waals surface area (Å²) in [6.07, 6.45) is -1.48. The van der Waals surface area contributed by atoms with E-state index in [1.807, 2.05) is 0 Å². The van der Waals surface area contributed by atoms with Crippen molar-refractivity contribution < 1.29 is 13.2 Å². The van der Waals surface area contributed by atoms with E-state index in [-0.39, 0.29) is 5.69 Å². The Bertz CT molecular complexity index is 564. The van der Waals surface area contributed by atoms with Crippen LogP contribution < -0.4 is 0 Å². The second-order valence-corrected chi connectivity index (χ2v) is 5.06. The lowest BCUT2D eigenvalue weighted by molar-refractivity contribution is -0.137. The average molecular weight is 384 g/mol. The molecular formula is C11H7Br2F3N2. The normalized spacial score (nSPS) is 11.8. The molecule has 2 rings (SSSR count). The highest BCUT2D eigenvalue weighted by atomic mass is 79.9. The third-order valence-corrected chi connectivity index (χ3v) is 3.38. The molecule has 0 N–H and O–H groups in total. The molecule has 1 aromatic heterocycles. The van der Waals surface area contributed by atoms with E-state index in [0.717, 1.165) is 6.07 Å². The molecule has 0 aliphatic heterocycles. The van der Waals surface area contributed by atoms with Crippen molar-refractivity contribution in [2.24, 2.45) is 0 Å². The molecular weight excluding hydrogens is 377 g/mol. The van der Waals surface area contributed by atoms with Gasteiger partial charge in [-0.2, -0.15) is 18.3 Å². The van der Waals surface area contributed by atoms with Gasteiger partial charge in [-0.3, -0.25) is 0 Å². The van der Waals surface area contributed by atoms with E-state index in [4.69, 9.17) is 0 Å². The summed E-state index contributed by atoms with van der Waals surface area (Å²) < 4.78 is 40.8. The van der Waals surface area contributed by atoms with Crippen molar-refractivity contribution in [3.05, 3.63) is 46.2 Å². The van der Waals surface area contributed by atoms with Crippen molar-refractivity contribution in [1.82, 2.24) is 9.78 Å². The van der Waals surface area contributed by atoms with Crippen LogP contribution in [0.2, 0.25) is 0 Å². The molecule has 0 radical (unpaired) electrons. The average Bonchev–Trinajstić information content (AvgIpc) is 2.74. The summed E-state index contributed by atoms with van der Waals surface area (Å²) in [6, 6.07) is 4.17. The van der Waals surface area contributed by atoms with Crippen molar-refractivity contribution >= 4 is 31.9 Å². The first-order chi connectivity index (χ1) is 8.41. The first-order valence-corrected chi connectivity index (χ1v) is 6.80. The Morgan fingerprint density at radius 3 is 2.50 bits per heavy atom. The summed E-state index contributed by atoms with van der Waals surface area (Å²) in [5, 5.41) is 4.25. The van der Waals surface area contributed by atoms with E-state index in [0.29, 0.717) is 15.4 Å². The van der Waals surface area contributed by atoms with Gasteiger partial charge >= 0.3 is 6.18 Å². The maximum atomic E-state index is 13.0. The van der Waals surface area contributed by atoms with Gasteiger partial charge in [0.1, 0.15) is 0 Å². The lowest BCUT2D eigenvalue weighted by atomic mass is 10.1. The van der Waals surface area contributed by atoms with Gasteiger partial charge in [0.05, 0.1) is 21.9 Å². The highest BCUT2D eigenvalue weighted by Crippen LogP contribution is 2.35. The fraction of sp³-hybridized carbons (Fsp3) is 0.182. The smallest absolute Gasteiger partial charge is 0.239 e. The van der Waals surface area contributed by atoms with Crippen LogP contribution >= 0.6 is 31.9 Å². The number of nitrogens with zero attached hydrogens (tertiary/aromatic N) is 2. The fourth-order valence-electron chi connectivity index (χ4n) is 1.53. The quantitative estimate of drug-likeness (QED) is 0.695. The van der Waals surface area contributed by atoms with Gasteiger partial charge in [-0.1, -0.05) is 22.0 Å². The Hall–Kier alpha value is -0.820. The molecule has 0 amide bonds. The molecule has 0 unspecified atom stereocenters. The third-order valence-electron chi connectivity index (χ3n) is 2.32. The van der Waals surface area contributed by atoms with E-state index in [1.54, 1.807) is 6.07 Å². The molecule has 0 atom stereocenters. The molecule has 0 bridgehead atoms. The van der Waals surface area contributed by atoms with Crippen LogP contribution in [0.3, 0.4) is 0 Å². The molecule has 7 heteroatoms. The first-order valence-electron chi connectivity index (χ1n) is 4.88. The Morgan fingerprint density at radius 2 is 2.00 bits per heavy atom. The zero-order valence-corrected chi connectivity index (χ0v) is 12.1. The number of benzene rings is 1. The highest BCUT2D eigenvalue weighted by Gasteiger charge is 2.34. The van der Waals surface area contributed by atoms with Gasteiger partial charge in [0.15, 0.2) is 0 Å². The van der Waals surface area contributed by atoms with E-state index in [9.17, 15) is 13.2 Å². The number of hydrogen-bond acceptors (Lipinski definition) is 1. The van der Waals surface area contributed by atoms with Crippen LogP contribution in [0.4, 0.5) is 13.2 Å². The molecule has 0 saturated carbocycles. The topological polar surface area (TPSA) is 17.8 Å². The summed E-state index contributed by atoms with van der Waals surface area (Å²) in [5.74, 6) is 0. The van der Waals surface area contributed by atoms with Crippen LogP contribution in [-0.4, -0.2) is 9.78 Å². The first kappa shape index (κ1) is 13.6. The van der Waals surface area contributed by atoms with Crippen molar-refractivity contribution in [3.8, 4) is 5.69 Å². The summed E-state index contributed by atoms with van der Waals surface area (Å²) in [6.45, 7) is 0. The van der Waals surface area contributed by atoms with Gasteiger partial charge in [-0.15, -0.1) is 0 Å².